The molecule has 0 heterocycles. The molecule has 0 aliphatic rings. The summed E-state index contributed by atoms with van der Waals surface area (Å²) in [6.07, 6.45) is 1.09. The summed E-state index contributed by atoms with van der Waals surface area (Å²) in [6.45, 7) is 4.51. The lowest BCUT2D eigenvalue weighted by Gasteiger charge is -2.24. The van der Waals surface area contributed by atoms with Crippen molar-refractivity contribution in [2.24, 2.45) is 0 Å². The van der Waals surface area contributed by atoms with Gasteiger partial charge < -0.3 is 10.6 Å². The number of likely N-dealkylation sites (N-methyl/N-ethyl adjacent to an activating group) is 1. The van der Waals surface area contributed by atoms with E-state index in [-0.39, 0.29) is 11.9 Å². The predicted octanol–water partition coefficient (Wildman–Crippen LogP) is 2.06. The van der Waals surface area contributed by atoms with Crippen LogP contribution in [0.1, 0.15) is 24.9 Å². The second kappa shape index (κ2) is 8.95. The van der Waals surface area contributed by atoms with Crippen LogP contribution in [-0.4, -0.2) is 44.5 Å². The summed E-state index contributed by atoms with van der Waals surface area (Å²) in [4.78, 5) is 14.2. The lowest BCUT2D eigenvalue weighted by Crippen LogP contribution is -2.40. The fourth-order valence-electron chi connectivity index (χ4n) is 2.03. The van der Waals surface area contributed by atoms with Gasteiger partial charge in [0.15, 0.2) is 0 Å². The summed E-state index contributed by atoms with van der Waals surface area (Å²) in [5.74, 6) is -0.00411. The Kier molecular flexibility index (Phi) is 7.59. The average molecular weight is 298 g/mol. The third-order valence-corrected chi connectivity index (χ3v) is 3.19. The zero-order valence-corrected chi connectivity index (χ0v) is 13.2. The van der Waals surface area contributed by atoms with Crippen LogP contribution in [0.3, 0.4) is 0 Å². The molecule has 0 saturated carbocycles. The first-order valence-corrected chi connectivity index (χ1v) is 7.34. The van der Waals surface area contributed by atoms with Crippen molar-refractivity contribution in [3.8, 4) is 0 Å². The van der Waals surface area contributed by atoms with Crippen molar-refractivity contribution in [2.45, 2.75) is 19.4 Å². The molecule has 0 saturated heterocycles. The number of nitrogens with one attached hydrogen (secondary N) is 2. The van der Waals surface area contributed by atoms with Crippen LogP contribution in [0, 0.1) is 0 Å². The molecule has 1 unspecified atom stereocenters. The summed E-state index contributed by atoms with van der Waals surface area (Å²) >= 11 is 6.00. The van der Waals surface area contributed by atoms with Crippen LogP contribution in [0.5, 0.6) is 0 Å². The Morgan fingerprint density at radius 1 is 1.30 bits per heavy atom. The molecule has 1 aromatic rings. The van der Waals surface area contributed by atoms with Gasteiger partial charge in [0.25, 0.3) is 0 Å². The lowest BCUT2D eigenvalue weighted by atomic mass is 10.1. The van der Waals surface area contributed by atoms with E-state index in [1.54, 1.807) is 0 Å². The van der Waals surface area contributed by atoms with E-state index in [4.69, 9.17) is 11.6 Å². The zero-order valence-electron chi connectivity index (χ0n) is 12.4. The van der Waals surface area contributed by atoms with Crippen molar-refractivity contribution in [2.75, 3.05) is 33.7 Å². The minimum absolute atomic E-state index is 0.00411. The number of carbonyl (C=O) groups is 1. The Balaban J connectivity index is 2.60. The van der Waals surface area contributed by atoms with Gasteiger partial charge in [0, 0.05) is 18.1 Å². The van der Waals surface area contributed by atoms with E-state index in [0.29, 0.717) is 11.6 Å². The Morgan fingerprint density at radius 3 is 2.65 bits per heavy atom. The molecule has 4 nitrogen and oxygen atoms in total. The second-order valence-corrected chi connectivity index (χ2v) is 5.40. The highest BCUT2D eigenvalue weighted by Crippen LogP contribution is 2.21. The van der Waals surface area contributed by atoms with E-state index in [9.17, 15) is 4.79 Å². The summed E-state index contributed by atoms with van der Waals surface area (Å²) in [5, 5.41) is 6.86. The van der Waals surface area contributed by atoms with Gasteiger partial charge in [-0.3, -0.25) is 9.69 Å². The van der Waals surface area contributed by atoms with Crippen molar-refractivity contribution in [1.29, 1.82) is 0 Å². The molecule has 20 heavy (non-hydrogen) atoms. The van der Waals surface area contributed by atoms with Crippen LogP contribution < -0.4 is 10.6 Å². The van der Waals surface area contributed by atoms with Gasteiger partial charge in [-0.25, -0.2) is 0 Å². The number of rotatable bonds is 8. The quantitative estimate of drug-likeness (QED) is 0.722. The number of hydrogen-bond acceptors (Lipinski definition) is 3. The monoisotopic (exact) mass is 297 g/mol. The Bertz CT molecular complexity index is 423. The molecule has 0 aromatic heterocycles. The highest BCUT2D eigenvalue weighted by Gasteiger charge is 2.22. The molecule has 5 heteroatoms. The summed E-state index contributed by atoms with van der Waals surface area (Å²) in [5.41, 5.74) is 0.904. The number of benzene rings is 1. The smallest absolute Gasteiger partial charge is 0.241 e. The minimum atomic E-state index is -0.320. The van der Waals surface area contributed by atoms with E-state index in [2.05, 4.69) is 17.6 Å². The van der Waals surface area contributed by atoms with Gasteiger partial charge in [0.05, 0.1) is 0 Å². The SMILES string of the molecule is CCCNCCNC(=O)C(c1cccc(Cl)c1)N(C)C. The normalized spacial score (nSPS) is 12.4. The van der Waals surface area contributed by atoms with Gasteiger partial charge in [-0.1, -0.05) is 30.7 Å². The first kappa shape index (κ1) is 17.0. The van der Waals surface area contributed by atoms with Crippen LogP contribution in [0.15, 0.2) is 24.3 Å². The lowest BCUT2D eigenvalue weighted by molar-refractivity contribution is -0.125. The van der Waals surface area contributed by atoms with Crippen molar-refractivity contribution < 1.29 is 4.79 Å². The van der Waals surface area contributed by atoms with E-state index in [1.807, 2.05) is 43.3 Å². The largest absolute Gasteiger partial charge is 0.353 e. The molecule has 1 amide bonds. The van der Waals surface area contributed by atoms with E-state index in [0.717, 1.165) is 25.1 Å². The molecule has 1 aromatic carbocycles. The van der Waals surface area contributed by atoms with Gasteiger partial charge >= 0.3 is 0 Å². The van der Waals surface area contributed by atoms with Gasteiger partial charge in [0.2, 0.25) is 5.91 Å². The van der Waals surface area contributed by atoms with Crippen molar-refractivity contribution in [3.63, 3.8) is 0 Å². The Morgan fingerprint density at radius 2 is 2.05 bits per heavy atom. The highest BCUT2D eigenvalue weighted by atomic mass is 35.5. The van der Waals surface area contributed by atoms with Gasteiger partial charge in [-0.05, 0) is 44.8 Å². The molecule has 112 valence electrons. The third-order valence-electron chi connectivity index (χ3n) is 2.96. The van der Waals surface area contributed by atoms with E-state index >= 15 is 0 Å². The van der Waals surface area contributed by atoms with E-state index in [1.165, 1.54) is 0 Å². The molecule has 0 bridgehead atoms. The van der Waals surface area contributed by atoms with Gasteiger partial charge in [0.1, 0.15) is 6.04 Å². The predicted molar refractivity (Wildman–Crippen MR) is 84.1 cm³/mol. The van der Waals surface area contributed by atoms with Crippen LogP contribution in [0.25, 0.3) is 0 Å². The maximum atomic E-state index is 12.3. The van der Waals surface area contributed by atoms with Crippen LogP contribution >= 0.6 is 11.6 Å². The average Bonchev–Trinajstić information content (AvgIpc) is 2.38. The highest BCUT2D eigenvalue weighted by molar-refractivity contribution is 6.30. The molecule has 0 radical (unpaired) electrons. The molecule has 0 fully saturated rings. The summed E-state index contributed by atoms with van der Waals surface area (Å²) in [6, 6.07) is 7.11. The molecule has 0 aliphatic carbocycles. The number of hydrogen-bond donors (Lipinski definition) is 2. The number of carbonyl (C=O) groups excluding carboxylic acids is 1. The number of nitrogens with zero attached hydrogens (tertiary/aromatic N) is 1. The van der Waals surface area contributed by atoms with Crippen molar-refractivity contribution in [3.05, 3.63) is 34.9 Å². The maximum absolute atomic E-state index is 12.3. The number of halogens is 1. The molecule has 0 spiro atoms. The second-order valence-electron chi connectivity index (χ2n) is 4.96. The summed E-state index contributed by atoms with van der Waals surface area (Å²) in [7, 11) is 3.78. The topological polar surface area (TPSA) is 44.4 Å². The van der Waals surface area contributed by atoms with Gasteiger partial charge in [-0.15, -0.1) is 0 Å². The van der Waals surface area contributed by atoms with E-state index < -0.39 is 0 Å². The molecular weight excluding hydrogens is 274 g/mol. The van der Waals surface area contributed by atoms with Crippen LogP contribution in [0.2, 0.25) is 5.02 Å². The fourth-order valence-corrected chi connectivity index (χ4v) is 2.23. The Labute approximate surface area is 126 Å². The van der Waals surface area contributed by atoms with Crippen LogP contribution in [0.4, 0.5) is 0 Å². The van der Waals surface area contributed by atoms with Gasteiger partial charge in [-0.2, -0.15) is 0 Å². The molecule has 2 N–H and O–H groups in total. The molecular formula is C15H24ClN3O. The molecule has 1 rings (SSSR count). The maximum Gasteiger partial charge on any atom is 0.241 e. The first-order chi connectivity index (χ1) is 9.56. The molecule has 1 atom stereocenters. The zero-order chi connectivity index (χ0) is 15.0. The fraction of sp³-hybridized carbons (Fsp3) is 0.533. The molecule has 0 aliphatic heterocycles. The standard InChI is InChI=1S/C15H24ClN3O/c1-4-8-17-9-10-18-15(20)14(19(2)3)12-6-5-7-13(16)11-12/h5-7,11,14,17H,4,8-10H2,1-3H3,(H,18,20). The minimum Gasteiger partial charge on any atom is -0.353 e. The van der Waals surface area contributed by atoms with Crippen molar-refractivity contribution >= 4 is 17.5 Å². The van der Waals surface area contributed by atoms with Crippen LogP contribution in [-0.2, 0) is 4.79 Å². The summed E-state index contributed by atoms with van der Waals surface area (Å²) < 4.78 is 0. The number of amides is 1. The third kappa shape index (κ3) is 5.49. The van der Waals surface area contributed by atoms with Crippen molar-refractivity contribution in [1.82, 2.24) is 15.5 Å². The Hall–Kier alpha value is -1.10. The first-order valence-electron chi connectivity index (χ1n) is 6.96.